The number of esters is 1. The molecular weight excluding hydrogens is 460 g/mol. The van der Waals surface area contributed by atoms with Crippen LogP contribution >= 0.6 is 0 Å². The van der Waals surface area contributed by atoms with Gasteiger partial charge in [0.05, 0.1) is 37.2 Å². The van der Waals surface area contributed by atoms with E-state index in [0.717, 1.165) is 19.3 Å². The van der Waals surface area contributed by atoms with E-state index < -0.39 is 41.6 Å². The third-order valence-corrected chi connectivity index (χ3v) is 7.83. The second-order valence-corrected chi connectivity index (χ2v) is 10.8. The lowest BCUT2D eigenvalue weighted by Gasteiger charge is -2.39. The van der Waals surface area contributed by atoms with Gasteiger partial charge in [0.25, 0.3) is 0 Å². The first kappa shape index (κ1) is 28.4. The number of aliphatic hydroxyl groups is 1. The summed E-state index contributed by atoms with van der Waals surface area (Å²) in [5, 5.41) is 10.3. The number of carbonyl (C=O) groups excluding carboxylic acids is 3. The van der Waals surface area contributed by atoms with Crippen LogP contribution in [0, 0.1) is 17.8 Å². The minimum Gasteiger partial charge on any atom is -0.465 e. The van der Waals surface area contributed by atoms with Crippen molar-refractivity contribution in [1.82, 2.24) is 9.80 Å². The molecule has 1 N–H and O–H groups in total. The van der Waals surface area contributed by atoms with Crippen LogP contribution in [0.15, 0.2) is 25.3 Å². The molecule has 8 nitrogen and oxygen atoms in total. The number of hydrogen-bond acceptors (Lipinski definition) is 6. The first-order chi connectivity index (χ1) is 17.3. The fourth-order valence-electron chi connectivity index (χ4n) is 6.32. The Balaban J connectivity index is 1.99. The van der Waals surface area contributed by atoms with Crippen LogP contribution in [-0.2, 0) is 23.9 Å². The van der Waals surface area contributed by atoms with Crippen LogP contribution in [0.25, 0.3) is 0 Å². The molecule has 0 aromatic rings. The highest BCUT2D eigenvalue weighted by Gasteiger charge is 2.75. The molecular formula is C28H44N2O6. The SMILES string of the molecule is C=CCCCOC(=O)[C@@H]1[C@@H]2CCC3(O2)C(C(=O)N(CC=C)CCCC)N([C@@H](CO)CC(C)C)C(=O)[C@H]13. The van der Waals surface area contributed by atoms with E-state index in [4.69, 9.17) is 9.47 Å². The second kappa shape index (κ2) is 12.4. The Morgan fingerprint density at radius 3 is 2.67 bits per heavy atom. The first-order valence-corrected chi connectivity index (χ1v) is 13.5. The number of hydrogen-bond donors (Lipinski definition) is 1. The van der Waals surface area contributed by atoms with Crippen LogP contribution in [0.2, 0.25) is 0 Å². The van der Waals surface area contributed by atoms with Crippen LogP contribution in [-0.4, -0.2) is 82.8 Å². The number of likely N-dealkylation sites (tertiary alicyclic amines) is 1. The lowest BCUT2D eigenvalue weighted by Crippen LogP contribution is -2.59. The van der Waals surface area contributed by atoms with E-state index in [1.54, 1.807) is 22.0 Å². The molecule has 3 fully saturated rings. The lowest BCUT2D eigenvalue weighted by molar-refractivity contribution is -0.156. The molecule has 2 bridgehead atoms. The number of unbranched alkanes of at least 4 members (excludes halogenated alkanes) is 2. The molecule has 3 saturated heterocycles. The quantitative estimate of drug-likeness (QED) is 0.209. The summed E-state index contributed by atoms with van der Waals surface area (Å²) in [6, 6.07) is -1.42. The summed E-state index contributed by atoms with van der Waals surface area (Å²) in [7, 11) is 0. The molecule has 0 aliphatic carbocycles. The number of rotatable bonds is 15. The third-order valence-electron chi connectivity index (χ3n) is 7.83. The van der Waals surface area contributed by atoms with Gasteiger partial charge in [-0.15, -0.1) is 13.2 Å². The molecule has 2 unspecified atom stereocenters. The molecule has 3 aliphatic heterocycles. The number of aliphatic hydroxyl groups excluding tert-OH is 1. The van der Waals surface area contributed by atoms with Crippen molar-refractivity contribution < 1.29 is 29.0 Å². The van der Waals surface area contributed by atoms with E-state index in [1.807, 2.05) is 13.8 Å². The first-order valence-electron chi connectivity index (χ1n) is 13.5. The van der Waals surface area contributed by atoms with Crippen LogP contribution in [0.5, 0.6) is 0 Å². The standard InChI is InChI=1S/C28H44N2O6/c1-6-9-11-16-35-27(34)22-21-12-13-28(36-21)23(22)25(32)30(20(18-31)17-19(4)5)24(28)26(33)29(14-8-3)15-10-7-2/h6,8,19-24,31H,1,3,7,9-18H2,2,4-5H3/t20-,21+,22-,23+,24?,28?/m1/s1. The van der Waals surface area contributed by atoms with Gasteiger partial charge in [0.2, 0.25) is 11.8 Å². The summed E-state index contributed by atoms with van der Waals surface area (Å²) in [5.41, 5.74) is -1.08. The van der Waals surface area contributed by atoms with E-state index in [-0.39, 0.29) is 30.9 Å². The van der Waals surface area contributed by atoms with Crippen molar-refractivity contribution >= 4 is 17.8 Å². The molecule has 6 atom stereocenters. The van der Waals surface area contributed by atoms with Crippen LogP contribution < -0.4 is 0 Å². The number of carbonyl (C=O) groups is 3. The zero-order valence-electron chi connectivity index (χ0n) is 22.2. The number of ether oxygens (including phenoxy) is 2. The second-order valence-electron chi connectivity index (χ2n) is 10.8. The number of fused-ring (bicyclic) bond motifs is 1. The molecule has 3 heterocycles. The summed E-state index contributed by atoms with van der Waals surface area (Å²) in [4.78, 5) is 44.7. The lowest BCUT2D eigenvalue weighted by atomic mass is 9.70. The summed E-state index contributed by atoms with van der Waals surface area (Å²) in [6.45, 7) is 14.5. The Kier molecular flexibility index (Phi) is 9.75. The van der Waals surface area contributed by atoms with Gasteiger partial charge < -0.3 is 24.4 Å². The third kappa shape index (κ3) is 5.25. The monoisotopic (exact) mass is 504 g/mol. The highest BCUT2D eigenvalue weighted by molar-refractivity contribution is 5.98. The zero-order valence-corrected chi connectivity index (χ0v) is 22.2. The molecule has 3 rings (SSSR count). The number of nitrogens with zero attached hydrogens (tertiary/aromatic N) is 2. The zero-order chi connectivity index (χ0) is 26.5. The molecule has 36 heavy (non-hydrogen) atoms. The van der Waals surface area contributed by atoms with E-state index in [1.165, 1.54) is 0 Å². The maximum absolute atomic E-state index is 14.1. The molecule has 0 saturated carbocycles. The highest BCUT2D eigenvalue weighted by atomic mass is 16.6. The van der Waals surface area contributed by atoms with Crippen molar-refractivity contribution in [2.45, 2.75) is 89.5 Å². The van der Waals surface area contributed by atoms with Gasteiger partial charge in [0.15, 0.2) is 0 Å². The maximum atomic E-state index is 14.1. The fourth-order valence-corrected chi connectivity index (χ4v) is 6.32. The van der Waals surface area contributed by atoms with E-state index in [9.17, 15) is 19.5 Å². The maximum Gasteiger partial charge on any atom is 0.312 e. The summed E-state index contributed by atoms with van der Waals surface area (Å²) in [5.74, 6) is -2.22. The average molecular weight is 505 g/mol. The minimum atomic E-state index is -1.08. The molecule has 0 radical (unpaired) electrons. The van der Waals surface area contributed by atoms with Crippen molar-refractivity contribution in [1.29, 1.82) is 0 Å². The van der Waals surface area contributed by atoms with Crippen molar-refractivity contribution in [3.8, 4) is 0 Å². The van der Waals surface area contributed by atoms with Crippen LogP contribution in [0.3, 0.4) is 0 Å². The van der Waals surface area contributed by atoms with E-state index in [0.29, 0.717) is 38.8 Å². The molecule has 0 aromatic carbocycles. The van der Waals surface area contributed by atoms with Gasteiger partial charge in [-0.3, -0.25) is 14.4 Å². The molecule has 3 aliphatic rings. The number of allylic oxidation sites excluding steroid dienone is 1. The normalized spacial score (nSPS) is 29.4. The van der Waals surface area contributed by atoms with Crippen molar-refractivity contribution in [3.63, 3.8) is 0 Å². The van der Waals surface area contributed by atoms with Gasteiger partial charge in [0, 0.05) is 13.1 Å². The summed E-state index contributed by atoms with van der Waals surface area (Å²) < 4.78 is 12.0. The Hall–Kier alpha value is -2.19. The van der Waals surface area contributed by atoms with Gasteiger partial charge in [-0.1, -0.05) is 39.3 Å². The van der Waals surface area contributed by atoms with Gasteiger partial charge in [-0.05, 0) is 44.4 Å². The van der Waals surface area contributed by atoms with Crippen LogP contribution in [0.1, 0.15) is 65.7 Å². The summed E-state index contributed by atoms with van der Waals surface area (Å²) in [6.07, 6.45) is 7.85. The Bertz CT molecular complexity index is 829. The van der Waals surface area contributed by atoms with Gasteiger partial charge in [0.1, 0.15) is 11.6 Å². The predicted molar refractivity (Wildman–Crippen MR) is 137 cm³/mol. The van der Waals surface area contributed by atoms with E-state index in [2.05, 4.69) is 20.1 Å². The summed E-state index contributed by atoms with van der Waals surface area (Å²) >= 11 is 0. The topological polar surface area (TPSA) is 96.4 Å². The molecule has 8 heteroatoms. The predicted octanol–water partition coefficient (Wildman–Crippen LogP) is 3.09. The average Bonchev–Trinajstić information content (AvgIpc) is 3.49. The minimum absolute atomic E-state index is 0.193. The molecule has 0 aromatic heterocycles. The number of amides is 2. The smallest absolute Gasteiger partial charge is 0.312 e. The van der Waals surface area contributed by atoms with Crippen molar-refractivity contribution in [2.75, 3.05) is 26.3 Å². The van der Waals surface area contributed by atoms with Crippen molar-refractivity contribution in [3.05, 3.63) is 25.3 Å². The van der Waals surface area contributed by atoms with Gasteiger partial charge in [-0.2, -0.15) is 0 Å². The molecule has 2 amide bonds. The van der Waals surface area contributed by atoms with Crippen molar-refractivity contribution in [2.24, 2.45) is 17.8 Å². The van der Waals surface area contributed by atoms with Gasteiger partial charge in [-0.25, -0.2) is 0 Å². The molecule has 202 valence electrons. The van der Waals surface area contributed by atoms with Gasteiger partial charge >= 0.3 is 5.97 Å². The fraction of sp³-hybridized carbons (Fsp3) is 0.750. The van der Waals surface area contributed by atoms with Crippen LogP contribution in [0.4, 0.5) is 0 Å². The Morgan fingerprint density at radius 2 is 2.06 bits per heavy atom. The Labute approximate surface area is 215 Å². The largest absolute Gasteiger partial charge is 0.465 e. The highest BCUT2D eigenvalue weighted by Crippen LogP contribution is 2.59. The van der Waals surface area contributed by atoms with E-state index >= 15 is 0 Å². The Morgan fingerprint density at radius 1 is 1.31 bits per heavy atom. The molecule has 1 spiro atoms.